The zero-order chi connectivity index (χ0) is 23.0. The lowest BCUT2D eigenvalue weighted by Crippen LogP contribution is -2.10. The number of methoxy groups -OCH3 is 5. The van der Waals surface area contributed by atoms with Gasteiger partial charge in [0.1, 0.15) is 11.6 Å². The van der Waals surface area contributed by atoms with E-state index in [2.05, 4.69) is 4.74 Å². The third-order valence-corrected chi connectivity index (χ3v) is 4.13. The highest BCUT2D eigenvalue weighted by atomic mass is 16.6. The van der Waals surface area contributed by atoms with Crippen molar-refractivity contribution in [3.63, 3.8) is 0 Å². The molecule has 0 atom stereocenters. The van der Waals surface area contributed by atoms with Gasteiger partial charge < -0.3 is 28.4 Å². The molecule has 0 spiro atoms. The van der Waals surface area contributed by atoms with Crippen molar-refractivity contribution in [1.82, 2.24) is 0 Å². The molecule has 0 N–H and O–H groups in total. The molecule has 0 radical (unpaired) electrons. The monoisotopic (exact) mass is 427 g/mol. The minimum absolute atomic E-state index is 0.134. The van der Waals surface area contributed by atoms with Gasteiger partial charge in [0, 0.05) is 0 Å². The summed E-state index contributed by atoms with van der Waals surface area (Å²) in [6.07, 6.45) is 1.33. The van der Waals surface area contributed by atoms with Crippen molar-refractivity contribution < 1.29 is 38.0 Å². The van der Waals surface area contributed by atoms with Crippen LogP contribution in [-0.2, 0) is 9.53 Å². The van der Waals surface area contributed by atoms with E-state index in [9.17, 15) is 9.59 Å². The van der Waals surface area contributed by atoms with E-state index in [0.29, 0.717) is 22.8 Å². The van der Waals surface area contributed by atoms with Gasteiger partial charge in [0.15, 0.2) is 23.0 Å². The van der Waals surface area contributed by atoms with E-state index in [1.165, 1.54) is 65.9 Å². The molecule has 0 aromatic heterocycles. The van der Waals surface area contributed by atoms with Crippen molar-refractivity contribution in [2.45, 2.75) is 0 Å². The van der Waals surface area contributed by atoms with E-state index in [4.69, 9.17) is 28.9 Å². The van der Waals surface area contributed by atoms with Crippen LogP contribution in [-0.4, -0.2) is 47.5 Å². The predicted molar refractivity (Wildman–Crippen MR) is 110 cm³/mol. The smallest absolute Gasteiger partial charge is 0.348 e. The Morgan fingerprint density at radius 1 is 0.839 bits per heavy atom. The lowest BCUT2D eigenvalue weighted by Gasteiger charge is -2.14. The molecule has 9 heteroatoms. The number of benzene rings is 2. The molecule has 2 aromatic rings. The van der Waals surface area contributed by atoms with Crippen LogP contribution in [0.3, 0.4) is 0 Å². The predicted octanol–water partition coefficient (Wildman–Crippen LogP) is 3.02. The van der Waals surface area contributed by atoms with E-state index in [0.717, 1.165) is 0 Å². The van der Waals surface area contributed by atoms with Crippen LogP contribution >= 0.6 is 0 Å². The average Bonchev–Trinajstić information content (AvgIpc) is 2.81. The Morgan fingerprint density at radius 3 is 1.94 bits per heavy atom. The topological polar surface area (TPSA) is 113 Å². The van der Waals surface area contributed by atoms with Crippen molar-refractivity contribution in [3.05, 3.63) is 47.0 Å². The molecule has 0 bridgehead atoms. The summed E-state index contributed by atoms with van der Waals surface area (Å²) in [5.41, 5.74) is 0.455. The third-order valence-electron chi connectivity index (χ3n) is 4.13. The lowest BCUT2D eigenvalue weighted by molar-refractivity contribution is -0.135. The van der Waals surface area contributed by atoms with E-state index >= 15 is 0 Å². The van der Waals surface area contributed by atoms with Crippen molar-refractivity contribution in [1.29, 1.82) is 5.26 Å². The van der Waals surface area contributed by atoms with Gasteiger partial charge in [-0.25, -0.2) is 9.59 Å². The molecular weight excluding hydrogens is 406 g/mol. The molecule has 0 heterocycles. The number of nitrogens with zero attached hydrogens (tertiary/aromatic N) is 1. The molecule has 0 saturated heterocycles. The number of carbonyl (C=O) groups excluding carboxylic acids is 2. The van der Waals surface area contributed by atoms with Crippen molar-refractivity contribution >= 4 is 18.0 Å². The molecule has 0 unspecified atom stereocenters. The Morgan fingerprint density at radius 2 is 1.45 bits per heavy atom. The fourth-order valence-electron chi connectivity index (χ4n) is 2.63. The highest BCUT2D eigenvalue weighted by Crippen LogP contribution is 2.39. The van der Waals surface area contributed by atoms with Gasteiger partial charge in [-0.2, -0.15) is 5.26 Å². The largest absolute Gasteiger partial charge is 0.493 e. The van der Waals surface area contributed by atoms with Crippen LogP contribution in [0.4, 0.5) is 0 Å². The Labute approximate surface area is 179 Å². The Bertz CT molecular complexity index is 1030. The highest BCUT2D eigenvalue weighted by molar-refractivity contribution is 5.98. The maximum Gasteiger partial charge on any atom is 0.348 e. The summed E-state index contributed by atoms with van der Waals surface area (Å²) in [5, 5.41) is 9.09. The van der Waals surface area contributed by atoms with Crippen molar-refractivity contribution in [2.75, 3.05) is 35.5 Å². The van der Waals surface area contributed by atoms with Crippen LogP contribution in [0.25, 0.3) is 6.08 Å². The van der Waals surface area contributed by atoms with Crippen LogP contribution < -0.4 is 23.7 Å². The molecule has 0 aliphatic rings. The second kappa shape index (κ2) is 10.5. The second-order valence-corrected chi connectivity index (χ2v) is 5.88. The van der Waals surface area contributed by atoms with Gasteiger partial charge in [-0.05, 0) is 35.9 Å². The number of nitriles is 1. The molecule has 0 aliphatic carbocycles. The molecule has 0 aliphatic heterocycles. The summed E-state index contributed by atoms with van der Waals surface area (Å²) in [5.74, 6) is -0.158. The summed E-state index contributed by atoms with van der Waals surface area (Å²) in [4.78, 5) is 24.3. The molecule has 2 aromatic carbocycles. The van der Waals surface area contributed by atoms with Gasteiger partial charge in [-0.1, -0.05) is 6.07 Å². The molecular formula is C22H21NO8. The fourth-order valence-corrected chi connectivity index (χ4v) is 2.63. The molecule has 31 heavy (non-hydrogen) atoms. The Hall–Kier alpha value is -4.19. The van der Waals surface area contributed by atoms with Gasteiger partial charge in [0.2, 0.25) is 5.75 Å². The van der Waals surface area contributed by atoms with E-state index in [1.54, 1.807) is 12.1 Å². The number of rotatable bonds is 8. The molecule has 0 saturated carbocycles. The minimum Gasteiger partial charge on any atom is -0.493 e. The van der Waals surface area contributed by atoms with Crippen LogP contribution in [0.15, 0.2) is 35.9 Å². The van der Waals surface area contributed by atoms with Crippen LogP contribution in [0, 0.1) is 11.3 Å². The first-order chi connectivity index (χ1) is 14.9. The summed E-state index contributed by atoms with van der Waals surface area (Å²) < 4.78 is 31.0. The first-order valence-corrected chi connectivity index (χ1v) is 8.82. The van der Waals surface area contributed by atoms with Gasteiger partial charge in [-0.3, -0.25) is 0 Å². The lowest BCUT2D eigenvalue weighted by atomic mass is 10.1. The van der Waals surface area contributed by atoms with Crippen LogP contribution in [0.2, 0.25) is 0 Å². The molecule has 0 fully saturated rings. The van der Waals surface area contributed by atoms with Crippen molar-refractivity contribution in [2.24, 2.45) is 0 Å². The first-order valence-electron chi connectivity index (χ1n) is 8.82. The SMILES string of the molecule is COC(=O)/C(C#N)=C/c1ccc(OC(=O)c2cc(OC)c(OC)c(OC)c2)c(OC)c1. The summed E-state index contributed by atoms with van der Waals surface area (Å²) in [6.45, 7) is 0. The Balaban J connectivity index is 2.37. The summed E-state index contributed by atoms with van der Waals surface area (Å²) in [7, 11) is 6.90. The molecule has 2 rings (SSSR count). The highest BCUT2D eigenvalue weighted by Gasteiger charge is 2.20. The summed E-state index contributed by atoms with van der Waals surface area (Å²) in [6, 6.07) is 9.23. The Kier molecular flexibility index (Phi) is 7.86. The van der Waals surface area contributed by atoms with E-state index < -0.39 is 11.9 Å². The van der Waals surface area contributed by atoms with Crippen molar-refractivity contribution in [3.8, 4) is 34.8 Å². The van der Waals surface area contributed by atoms with Gasteiger partial charge in [-0.15, -0.1) is 0 Å². The summed E-state index contributed by atoms with van der Waals surface area (Å²) >= 11 is 0. The average molecular weight is 427 g/mol. The third kappa shape index (κ3) is 5.25. The molecule has 9 nitrogen and oxygen atoms in total. The van der Waals surface area contributed by atoms with E-state index in [1.807, 2.05) is 0 Å². The zero-order valence-corrected chi connectivity index (χ0v) is 17.7. The van der Waals surface area contributed by atoms with Gasteiger partial charge >= 0.3 is 11.9 Å². The van der Waals surface area contributed by atoms with Crippen LogP contribution in [0.1, 0.15) is 15.9 Å². The van der Waals surface area contributed by atoms with E-state index in [-0.39, 0.29) is 22.6 Å². The maximum atomic E-state index is 12.7. The van der Waals surface area contributed by atoms with Gasteiger partial charge in [0.05, 0.1) is 41.1 Å². The number of hydrogen-bond acceptors (Lipinski definition) is 9. The molecule has 162 valence electrons. The number of carbonyl (C=O) groups is 2. The minimum atomic E-state index is -0.764. The second-order valence-electron chi connectivity index (χ2n) is 5.88. The standard InChI is InChI=1S/C22H21NO8/c1-26-17-9-13(8-15(12-23)21(24)30-5)6-7-16(17)31-22(25)14-10-18(27-2)20(29-4)19(11-14)28-3/h6-11H,1-5H3/b15-8+. The number of esters is 2. The maximum absolute atomic E-state index is 12.7. The first kappa shape index (κ1) is 23.1. The van der Waals surface area contributed by atoms with Crippen LogP contribution in [0.5, 0.6) is 28.7 Å². The molecule has 0 amide bonds. The zero-order valence-electron chi connectivity index (χ0n) is 17.7. The normalized spacial score (nSPS) is 10.5. The fraction of sp³-hybridized carbons (Fsp3) is 0.227. The van der Waals surface area contributed by atoms with Gasteiger partial charge in [0.25, 0.3) is 0 Å². The number of hydrogen-bond donors (Lipinski definition) is 0. The quantitative estimate of drug-likeness (QED) is 0.271. The number of ether oxygens (including phenoxy) is 6.